The van der Waals surface area contributed by atoms with Gasteiger partial charge in [0.1, 0.15) is 23.9 Å². The molecule has 0 aromatic heterocycles. The molecule has 0 fully saturated rings. The van der Waals surface area contributed by atoms with Crippen molar-refractivity contribution in [2.24, 2.45) is 0 Å². The zero-order chi connectivity index (χ0) is 18.2. The molecule has 0 saturated carbocycles. The van der Waals surface area contributed by atoms with Gasteiger partial charge in [-0.3, -0.25) is 4.79 Å². The third kappa shape index (κ3) is 6.10. The van der Waals surface area contributed by atoms with E-state index in [1.807, 2.05) is 45.0 Å². The number of carbonyl (C=O) groups is 1. The van der Waals surface area contributed by atoms with Crippen molar-refractivity contribution in [3.63, 3.8) is 0 Å². The molecule has 0 spiro atoms. The summed E-state index contributed by atoms with van der Waals surface area (Å²) in [5.41, 5.74) is 1.16. The predicted octanol–water partition coefficient (Wildman–Crippen LogP) is 3.88. The summed E-state index contributed by atoms with van der Waals surface area (Å²) in [5.74, 6) is 0.673. The molecule has 2 atom stereocenters. The fraction of sp³-hybridized carbons (Fsp3) is 0.350. The fourth-order valence-electron chi connectivity index (χ4n) is 2.23. The standard InChI is InChI=1S/C20H24FNO3/c1-4-19(25-18-11-7-16(21)8-12-18)20(23)22-15(3)13-24-17-9-5-14(2)6-10-17/h5-12,15,19H,4,13H2,1-3H3,(H,22,23)/t15-,19+/m0/s1. The lowest BCUT2D eigenvalue weighted by Crippen LogP contribution is -2.44. The van der Waals surface area contributed by atoms with Crippen LogP contribution in [0.25, 0.3) is 0 Å². The van der Waals surface area contributed by atoms with Crippen molar-refractivity contribution < 1.29 is 18.7 Å². The summed E-state index contributed by atoms with van der Waals surface area (Å²) < 4.78 is 24.2. The fourth-order valence-corrected chi connectivity index (χ4v) is 2.23. The molecule has 4 nitrogen and oxygen atoms in total. The van der Waals surface area contributed by atoms with Crippen LogP contribution in [0.5, 0.6) is 11.5 Å². The highest BCUT2D eigenvalue weighted by Crippen LogP contribution is 2.15. The third-order valence-electron chi connectivity index (χ3n) is 3.66. The molecule has 0 heterocycles. The third-order valence-corrected chi connectivity index (χ3v) is 3.66. The van der Waals surface area contributed by atoms with Gasteiger partial charge in [0.25, 0.3) is 5.91 Å². The Kier molecular flexibility index (Phi) is 6.81. The minimum Gasteiger partial charge on any atom is -0.491 e. The average Bonchev–Trinajstić information content (AvgIpc) is 2.60. The highest BCUT2D eigenvalue weighted by atomic mass is 19.1. The summed E-state index contributed by atoms with van der Waals surface area (Å²) in [6.07, 6.45) is -0.123. The molecule has 0 unspecified atom stereocenters. The lowest BCUT2D eigenvalue weighted by atomic mass is 10.2. The van der Waals surface area contributed by atoms with Crippen LogP contribution in [-0.2, 0) is 4.79 Å². The van der Waals surface area contributed by atoms with E-state index in [0.29, 0.717) is 18.8 Å². The molecular weight excluding hydrogens is 321 g/mol. The number of aryl methyl sites for hydroxylation is 1. The Hall–Kier alpha value is -2.56. The Bertz CT molecular complexity index is 670. The number of hydrogen-bond acceptors (Lipinski definition) is 3. The Balaban J connectivity index is 1.83. The molecule has 2 rings (SSSR count). The molecule has 0 aliphatic rings. The van der Waals surface area contributed by atoms with Crippen LogP contribution in [0.4, 0.5) is 4.39 Å². The summed E-state index contributed by atoms with van der Waals surface area (Å²) in [6.45, 7) is 6.11. The quantitative estimate of drug-likeness (QED) is 0.790. The molecule has 0 bridgehead atoms. The van der Waals surface area contributed by atoms with Gasteiger partial charge in [0.05, 0.1) is 6.04 Å². The van der Waals surface area contributed by atoms with Crippen LogP contribution in [0.3, 0.4) is 0 Å². The maximum Gasteiger partial charge on any atom is 0.261 e. The van der Waals surface area contributed by atoms with E-state index in [1.54, 1.807) is 0 Å². The van der Waals surface area contributed by atoms with Crippen LogP contribution in [0.1, 0.15) is 25.8 Å². The number of benzene rings is 2. The van der Waals surface area contributed by atoms with Crippen LogP contribution in [-0.4, -0.2) is 24.7 Å². The Morgan fingerprint density at radius 2 is 1.68 bits per heavy atom. The van der Waals surface area contributed by atoms with Gasteiger partial charge in [-0.15, -0.1) is 0 Å². The minimum atomic E-state index is -0.632. The van der Waals surface area contributed by atoms with E-state index in [9.17, 15) is 9.18 Å². The maximum atomic E-state index is 12.9. The number of rotatable bonds is 8. The van der Waals surface area contributed by atoms with Crippen molar-refractivity contribution in [3.8, 4) is 11.5 Å². The summed E-state index contributed by atoms with van der Waals surface area (Å²) in [5, 5.41) is 2.88. The van der Waals surface area contributed by atoms with E-state index in [0.717, 1.165) is 11.3 Å². The van der Waals surface area contributed by atoms with Gasteiger partial charge >= 0.3 is 0 Å². The lowest BCUT2D eigenvalue weighted by Gasteiger charge is -2.20. The second kappa shape index (κ2) is 9.06. The normalized spacial score (nSPS) is 13.0. The van der Waals surface area contributed by atoms with Gasteiger partial charge in [-0.05, 0) is 56.7 Å². The van der Waals surface area contributed by atoms with Crippen molar-refractivity contribution in [2.45, 2.75) is 39.3 Å². The van der Waals surface area contributed by atoms with Gasteiger partial charge in [-0.25, -0.2) is 4.39 Å². The van der Waals surface area contributed by atoms with Crippen LogP contribution in [0, 0.1) is 12.7 Å². The first-order valence-electron chi connectivity index (χ1n) is 8.40. The van der Waals surface area contributed by atoms with Gasteiger partial charge in [0.2, 0.25) is 0 Å². The molecule has 0 saturated heterocycles. The summed E-state index contributed by atoms with van der Waals surface area (Å²) >= 11 is 0. The van der Waals surface area contributed by atoms with Crippen molar-refractivity contribution in [2.75, 3.05) is 6.61 Å². The summed E-state index contributed by atoms with van der Waals surface area (Å²) in [7, 11) is 0. The van der Waals surface area contributed by atoms with E-state index >= 15 is 0 Å². The molecule has 1 amide bonds. The number of carbonyl (C=O) groups excluding carboxylic acids is 1. The van der Waals surface area contributed by atoms with Gasteiger partial charge in [-0.1, -0.05) is 24.6 Å². The molecule has 134 valence electrons. The monoisotopic (exact) mass is 345 g/mol. The molecule has 0 aliphatic heterocycles. The molecule has 25 heavy (non-hydrogen) atoms. The Labute approximate surface area is 148 Å². The summed E-state index contributed by atoms with van der Waals surface area (Å²) in [6, 6.07) is 13.2. The van der Waals surface area contributed by atoms with Gasteiger partial charge < -0.3 is 14.8 Å². The maximum absolute atomic E-state index is 12.9. The molecule has 1 N–H and O–H groups in total. The minimum absolute atomic E-state index is 0.167. The predicted molar refractivity (Wildman–Crippen MR) is 95.4 cm³/mol. The first-order chi connectivity index (χ1) is 12.0. The zero-order valence-electron chi connectivity index (χ0n) is 14.8. The van der Waals surface area contributed by atoms with E-state index in [2.05, 4.69) is 5.32 Å². The SMILES string of the molecule is CC[C@@H](Oc1ccc(F)cc1)C(=O)N[C@@H](C)COc1ccc(C)cc1. The molecule has 5 heteroatoms. The topological polar surface area (TPSA) is 47.6 Å². The van der Waals surface area contributed by atoms with Crippen LogP contribution >= 0.6 is 0 Å². The Morgan fingerprint density at radius 1 is 1.08 bits per heavy atom. The van der Waals surface area contributed by atoms with Crippen LogP contribution in [0.15, 0.2) is 48.5 Å². The van der Waals surface area contributed by atoms with E-state index < -0.39 is 6.10 Å². The van der Waals surface area contributed by atoms with Crippen molar-refractivity contribution in [3.05, 3.63) is 59.9 Å². The summed E-state index contributed by atoms with van der Waals surface area (Å²) in [4.78, 5) is 12.3. The second-order valence-electron chi connectivity index (χ2n) is 6.00. The highest BCUT2D eigenvalue weighted by Gasteiger charge is 2.20. The van der Waals surface area contributed by atoms with Crippen molar-refractivity contribution >= 4 is 5.91 Å². The number of ether oxygens (including phenoxy) is 2. The molecular formula is C20H24FNO3. The van der Waals surface area contributed by atoms with Gasteiger partial charge in [-0.2, -0.15) is 0 Å². The highest BCUT2D eigenvalue weighted by molar-refractivity contribution is 5.81. The largest absolute Gasteiger partial charge is 0.491 e. The first kappa shape index (κ1) is 18.8. The molecule has 2 aromatic rings. The zero-order valence-corrected chi connectivity index (χ0v) is 14.8. The lowest BCUT2D eigenvalue weighted by molar-refractivity contribution is -0.128. The molecule has 2 aromatic carbocycles. The number of nitrogens with one attached hydrogen (secondary N) is 1. The van der Waals surface area contributed by atoms with E-state index in [-0.39, 0.29) is 17.8 Å². The van der Waals surface area contributed by atoms with Gasteiger partial charge in [0, 0.05) is 0 Å². The molecule has 0 aliphatic carbocycles. The van der Waals surface area contributed by atoms with E-state index in [1.165, 1.54) is 24.3 Å². The number of halogens is 1. The van der Waals surface area contributed by atoms with Gasteiger partial charge in [0.15, 0.2) is 6.10 Å². The van der Waals surface area contributed by atoms with Crippen LogP contribution < -0.4 is 14.8 Å². The molecule has 0 radical (unpaired) electrons. The van der Waals surface area contributed by atoms with Crippen molar-refractivity contribution in [1.82, 2.24) is 5.32 Å². The first-order valence-corrected chi connectivity index (χ1v) is 8.40. The smallest absolute Gasteiger partial charge is 0.261 e. The average molecular weight is 345 g/mol. The second-order valence-corrected chi connectivity index (χ2v) is 6.00. The Morgan fingerprint density at radius 3 is 2.28 bits per heavy atom. The number of hydrogen-bond donors (Lipinski definition) is 1. The van der Waals surface area contributed by atoms with E-state index in [4.69, 9.17) is 9.47 Å². The number of amides is 1. The van der Waals surface area contributed by atoms with Crippen LogP contribution in [0.2, 0.25) is 0 Å². The van der Waals surface area contributed by atoms with Crippen molar-refractivity contribution in [1.29, 1.82) is 0 Å².